The number of ether oxygens (including phenoxy) is 1. The minimum Gasteiger partial charge on any atom is -0.468 e. The van der Waals surface area contributed by atoms with Crippen LogP contribution in [0.15, 0.2) is 0 Å². The van der Waals surface area contributed by atoms with E-state index in [9.17, 15) is 4.79 Å². The van der Waals surface area contributed by atoms with Crippen LogP contribution in [0.4, 0.5) is 0 Å². The van der Waals surface area contributed by atoms with Crippen molar-refractivity contribution in [2.75, 3.05) is 19.7 Å². The van der Waals surface area contributed by atoms with Gasteiger partial charge in [0.1, 0.15) is 0 Å². The molecule has 78 valence electrons. The number of hydrogen-bond acceptors (Lipinski definition) is 3. The van der Waals surface area contributed by atoms with E-state index in [-0.39, 0.29) is 12.4 Å². The molecule has 1 fully saturated rings. The zero-order valence-corrected chi connectivity index (χ0v) is 8.65. The highest BCUT2D eigenvalue weighted by Crippen LogP contribution is 2.16. The summed E-state index contributed by atoms with van der Waals surface area (Å²) in [7, 11) is 0. The van der Waals surface area contributed by atoms with Gasteiger partial charge in [0.15, 0.2) is 0 Å². The molecule has 0 amide bonds. The Labute approximate surface area is 85.6 Å². The topological polar surface area (TPSA) is 38.3 Å². The van der Waals surface area contributed by atoms with E-state index >= 15 is 0 Å². The molecular formula is C9H18ClNO2. The summed E-state index contributed by atoms with van der Waals surface area (Å²) < 4.78 is 4.68. The van der Waals surface area contributed by atoms with Crippen LogP contribution in [-0.4, -0.2) is 26.2 Å². The standard InChI is InChI=1S/C9H17NO2.ClH/c11-8-12-7-4-9-2-1-5-10-6-3-9;/h8-10H,1-7H2;1H. The summed E-state index contributed by atoms with van der Waals surface area (Å²) in [5.74, 6) is 0.750. The van der Waals surface area contributed by atoms with Gasteiger partial charge in [0.05, 0.1) is 6.61 Å². The fourth-order valence-electron chi connectivity index (χ4n) is 1.66. The lowest BCUT2D eigenvalue weighted by atomic mass is 9.98. The highest BCUT2D eigenvalue weighted by atomic mass is 35.5. The van der Waals surface area contributed by atoms with Crippen LogP contribution in [0.3, 0.4) is 0 Å². The Morgan fingerprint density at radius 3 is 3.00 bits per heavy atom. The van der Waals surface area contributed by atoms with Crippen molar-refractivity contribution in [3.05, 3.63) is 0 Å². The summed E-state index contributed by atoms with van der Waals surface area (Å²) >= 11 is 0. The summed E-state index contributed by atoms with van der Waals surface area (Å²) in [5.41, 5.74) is 0. The lowest BCUT2D eigenvalue weighted by Gasteiger charge is -2.11. The molecule has 1 rings (SSSR count). The lowest BCUT2D eigenvalue weighted by Crippen LogP contribution is -2.14. The molecule has 13 heavy (non-hydrogen) atoms. The van der Waals surface area contributed by atoms with E-state index in [2.05, 4.69) is 10.1 Å². The largest absolute Gasteiger partial charge is 0.468 e. The molecule has 1 saturated heterocycles. The van der Waals surface area contributed by atoms with E-state index in [4.69, 9.17) is 0 Å². The molecule has 0 bridgehead atoms. The molecule has 1 aliphatic rings. The van der Waals surface area contributed by atoms with Gasteiger partial charge in [-0.25, -0.2) is 0 Å². The van der Waals surface area contributed by atoms with Crippen LogP contribution >= 0.6 is 12.4 Å². The molecule has 1 heterocycles. The summed E-state index contributed by atoms with van der Waals surface area (Å²) in [6, 6.07) is 0. The molecule has 0 saturated carbocycles. The third-order valence-electron chi connectivity index (χ3n) is 2.41. The van der Waals surface area contributed by atoms with Gasteiger partial charge in [-0.15, -0.1) is 12.4 Å². The van der Waals surface area contributed by atoms with Crippen LogP contribution in [0.1, 0.15) is 25.7 Å². The lowest BCUT2D eigenvalue weighted by molar-refractivity contribution is -0.129. The summed E-state index contributed by atoms with van der Waals surface area (Å²) in [5, 5.41) is 3.36. The van der Waals surface area contributed by atoms with Gasteiger partial charge in [-0.1, -0.05) is 0 Å². The first-order valence-electron chi connectivity index (χ1n) is 4.69. The van der Waals surface area contributed by atoms with Crippen molar-refractivity contribution in [2.24, 2.45) is 5.92 Å². The normalized spacial score (nSPS) is 22.6. The smallest absolute Gasteiger partial charge is 0.293 e. The van der Waals surface area contributed by atoms with E-state index in [1.807, 2.05) is 0 Å². The fourth-order valence-corrected chi connectivity index (χ4v) is 1.66. The molecule has 1 atom stereocenters. The minimum atomic E-state index is 0. The molecule has 0 spiro atoms. The highest BCUT2D eigenvalue weighted by Gasteiger charge is 2.11. The second kappa shape index (κ2) is 8.32. The van der Waals surface area contributed by atoms with Crippen LogP contribution < -0.4 is 5.32 Å². The maximum absolute atomic E-state index is 9.88. The summed E-state index contributed by atoms with van der Waals surface area (Å²) in [4.78, 5) is 9.88. The number of nitrogens with one attached hydrogen (secondary N) is 1. The van der Waals surface area contributed by atoms with Crippen LogP contribution in [0.25, 0.3) is 0 Å². The van der Waals surface area contributed by atoms with Crippen molar-refractivity contribution in [1.29, 1.82) is 0 Å². The van der Waals surface area contributed by atoms with Crippen molar-refractivity contribution in [2.45, 2.75) is 25.7 Å². The molecule has 0 aliphatic carbocycles. The molecule has 0 aromatic heterocycles. The number of rotatable bonds is 4. The predicted molar refractivity (Wildman–Crippen MR) is 54.1 cm³/mol. The van der Waals surface area contributed by atoms with Crippen molar-refractivity contribution >= 4 is 18.9 Å². The molecule has 1 aliphatic heterocycles. The second-order valence-corrected chi connectivity index (χ2v) is 3.30. The quantitative estimate of drug-likeness (QED) is 0.559. The van der Waals surface area contributed by atoms with Crippen LogP contribution in [0.2, 0.25) is 0 Å². The zero-order chi connectivity index (χ0) is 8.65. The zero-order valence-electron chi connectivity index (χ0n) is 7.83. The Balaban J connectivity index is 0.00000144. The van der Waals surface area contributed by atoms with E-state index in [1.165, 1.54) is 19.3 Å². The van der Waals surface area contributed by atoms with Crippen LogP contribution in [-0.2, 0) is 9.53 Å². The molecule has 3 nitrogen and oxygen atoms in total. The Kier molecular flexibility index (Phi) is 8.14. The molecule has 1 unspecified atom stereocenters. The van der Waals surface area contributed by atoms with Gasteiger partial charge in [-0.2, -0.15) is 0 Å². The monoisotopic (exact) mass is 207 g/mol. The van der Waals surface area contributed by atoms with Crippen molar-refractivity contribution in [3.63, 3.8) is 0 Å². The number of hydrogen-bond donors (Lipinski definition) is 1. The summed E-state index contributed by atoms with van der Waals surface area (Å²) in [6.45, 7) is 3.39. The van der Waals surface area contributed by atoms with Gasteiger partial charge in [-0.05, 0) is 44.7 Å². The van der Waals surface area contributed by atoms with E-state index in [0.29, 0.717) is 13.1 Å². The number of halogens is 1. The number of carbonyl (C=O) groups is 1. The van der Waals surface area contributed by atoms with E-state index < -0.39 is 0 Å². The maximum atomic E-state index is 9.88. The Bertz CT molecular complexity index is 125. The molecule has 0 aromatic carbocycles. The third kappa shape index (κ3) is 5.88. The summed E-state index contributed by atoms with van der Waals surface area (Å²) in [6.07, 6.45) is 4.78. The third-order valence-corrected chi connectivity index (χ3v) is 2.41. The van der Waals surface area contributed by atoms with Gasteiger partial charge in [0.25, 0.3) is 6.47 Å². The Hall–Kier alpha value is -0.280. The van der Waals surface area contributed by atoms with Crippen molar-refractivity contribution in [3.8, 4) is 0 Å². The number of carbonyl (C=O) groups excluding carboxylic acids is 1. The Morgan fingerprint density at radius 2 is 2.23 bits per heavy atom. The molecule has 0 aromatic rings. The van der Waals surface area contributed by atoms with Gasteiger partial charge in [0.2, 0.25) is 0 Å². The second-order valence-electron chi connectivity index (χ2n) is 3.30. The molecule has 1 N–H and O–H groups in total. The van der Waals surface area contributed by atoms with Crippen molar-refractivity contribution < 1.29 is 9.53 Å². The molecular weight excluding hydrogens is 190 g/mol. The van der Waals surface area contributed by atoms with Crippen molar-refractivity contribution in [1.82, 2.24) is 5.32 Å². The minimum absolute atomic E-state index is 0. The predicted octanol–water partition coefficient (Wildman–Crippen LogP) is 1.36. The highest BCUT2D eigenvalue weighted by molar-refractivity contribution is 5.85. The van der Waals surface area contributed by atoms with Gasteiger partial charge >= 0.3 is 0 Å². The first kappa shape index (κ1) is 12.7. The van der Waals surface area contributed by atoms with E-state index in [0.717, 1.165) is 25.4 Å². The van der Waals surface area contributed by atoms with E-state index in [1.54, 1.807) is 0 Å². The fraction of sp³-hybridized carbons (Fsp3) is 0.889. The van der Waals surface area contributed by atoms with Gasteiger partial charge in [0, 0.05) is 0 Å². The molecule has 0 radical (unpaired) electrons. The average molecular weight is 208 g/mol. The Morgan fingerprint density at radius 1 is 1.38 bits per heavy atom. The van der Waals surface area contributed by atoms with Gasteiger partial charge < -0.3 is 10.1 Å². The van der Waals surface area contributed by atoms with Crippen LogP contribution in [0.5, 0.6) is 0 Å². The first-order chi connectivity index (χ1) is 5.93. The maximum Gasteiger partial charge on any atom is 0.293 e. The molecule has 4 heteroatoms. The van der Waals surface area contributed by atoms with Gasteiger partial charge in [-0.3, -0.25) is 4.79 Å². The van der Waals surface area contributed by atoms with Crippen LogP contribution in [0, 0.1) is 5.92 Å². The SMILES string of the molecule is Cl.O=COCCC1CCCNCC1. The first-order valence-corrected chi connectivity index (χ1v) is 4.69. The average Bonchev–Trinajstić information content (AvgIpc) is 2.33.